The summed E-state index contributed by atoms with van der Waals surface area (Å²) in [4.78, 5) is 0. The molecule has 2 nitrogen and oxygen atoms in total. The highest BCUT2D eigenvalue weighted by Gasteiger charge is 2.26. The third-order valence-electron chi connectivity index (χ3n) is 4.62. The molecular weight excluding hydrogens is 272 g/mol. The van der Waals surface area contributed by atoms with Crippen molar-refractivity contribution in [1.82, 2.24) is 0 Å². The molecular formula is C20H32O2. The highest BCUT2D eigenvalue weighted by atomic mass is 16.3. The van der Waals surface area contributed by atoms with Crippen molar-refractivity contribution >= 4 is 0 Å². The first-order chi connectivity index (χ1) is 10.3. The molecule has 1 rings (SSSR count). The molecule has 0 saturated carbocycles. The zero-order chi connectivity index (χ0) is 16.8. The first kappa shape index (κ1) is 18.9. The Kier molecular flexibility index (Phi) is 7.31. The molecule has 124 valence electrons. The summed E-state index contributed by atoms with van der Waals surface area (Å²) in [6.45, 7) is 10.8. The first-order valence-electron chi connectivity index (χ1n) is 8.30. The number of hydrogen-bond acceptors (Lipinski definition) is 2. The fraction of sp³-hybridized carbons (Fsp3) is 0.600. The van der Waals surface area contributed by atoms with Crippen molar-refractivity contribution in [2.24, 2.45) is 11.3 Å². The lowest BCUT2D eigenvalue weighted by Crippen LogP contribution is -2.19. The third kappa shape index (κ3) is 5.58. The van der Waals surface area contributed by atoms with Crippen LogP contribution in [-0.4, -0.2) is 22.9 Å². The van der Waals surface area contributed by atoms with E-state index in [0.29, 0.717) is 0 Å². The molecule has 2 N–H and O–H groups in total. The summed E-state index contributed by atoms with van der Waals surface area (Å²) in [6, 6.07) is 0. The number of aliphatic hydroxyl groups excluding tert-OH is 2. The molecule has 1 aliphatic rings. The number of aliphatic hydroxyl groups is 2. The fourth-order valence-electron chi connectivity index (χ4n) is 3.01. The van der Waals surface area contributed by atoms with Crippen LogP contribution in [0.15, 0.2) is 47.1 Å². The van der Waals surface area contributed by atoms with Crippen LogP contribution in [0.2, 0.25) is 0 Å². The van der Waals surface area contributed by atoms with E-state index in [1.807, 2.05) is 19.9 Å². The van der Waals surface area contributed by atoms with Crippen LogP contribution in [0.5, 0.6) is 0 Å². The van der Waals surface area contributed by atoms with Crippen molar-refractivity contribution in [3.8, 4) is 0 Å². The summed E-state index contributed by atoms with van der Waals surface area (Å²) >= 11 is 0. The smallest absolute Gasteiger partial charge is 0.0784 e. The number of hydrogen-bond donors (Lipinski definition) is 2. The Morgan fingerprint density at radius 3 is 2.59 bits per heavy atom. The van der Waals surface area contributed by atoms with Crippen LogP contribution >= 0.6 is 0 Å². The van der Waals surface area contributed by atoms with E-state index in [-0.39, 0.29) is 17.9 Å². The molecule has 2 atom stereocenters. The minimum Gasteiger partial charge on any atom is -0.392 e. The average Bonchev–Trinajstić information content (AvgIpc) is 2.43. The molecule has 2 heteroatoms. The molecule has 1 aliphatic carbocycles. The van der Waals surface area contributed by atoms with E-state index < -0.39 is 6.10 Å². The molecule has 0 heterocycles. The largest absolute Gasteiger partial charge is 0.392 e. The van der Waals surface area contributed by atoms with Crippen molar-refractivity contribution in [3.63, 3.8) is 0 Å². The molecule has 0 bridgehead atoms. The predicted molar refractivity (Wildman–Crippen MR) is 94.6 cm³/mol. The van der Waals surface area contributed by atoms with Gasteiger partial charge in [-0.2, -0.15) is 0 Å². The Labute approximate surface area is 135 Å². The fourth-order valence-corrected chi connectivity index (χ4v) is 3.01. The van der Waals surface area contributed by atoms with Crippen LogP contribution in [0.4, 0.5) is 0 Å². The van der Waals surface area contributed by atoms with Gasteiger partial charge in [0.25, 0.3) is 0 Å². The van der Waals surface area contributed by atoms with Crippen LogP contribution < -0.4 is 0 Å². The van der Waals surface area contributed by atoms with Crippen LogP contribution in [0.3, 0.4) is 0 Å². The van der Waals surface area contributed by atoms with E-state index in [9.17, 15) is 5.11 Å². The molecule has 0 aromatic heterocycles. The van der Waals surface area contributed by atoms with Crippen molar-refractivity contribution in [1.29, 1.82) is 0 Å². The zero-order valence-electron chi connectivity index (χ0n) is 14.8. The lowest BCUT2D eigenvalue weighted by Gasteiger charge is -2.33. The molecule has 22 heavy (non-hydrogen) atoms. The monoisotopic (exact) mass is 304 g/mol. The average molecular weight is 304 g/mol. The van der Waals surface area contributed by atoms with E-state index >= 15 is 0 Å². The summed E-state index contributed by atoms with van der Waals surface area (Å²) in [5.74, 6) is 0.0659. The number of rotatable bonds is 6. The second-order valence-electron chi connectivity index (χ2n) is 7.13. The van der Waals surface area contributed by atoms with Gasteiger partial charge in [0.2, 0.25) is 0 Å². The van der Waals surface area contributed by atoms with Gasteiger partial charge in [-0.25, -0.2) is 0 Å². The van der Waals surface area contributed by atoms with Gasteiger partial charge in [-0.15, -0.1) is 0 Å². The SMILES string of the molecule is CC1=C(/C=C/[C@@H](C)[C@H](O)/C=C/C(C)=C\CO)C(C)(C)CCC1. The molecule has 0 aromatic carbocycles. The highest BCUT2D eigenvalue weighted by molar-refractivity contribution is 5.33. The van der Waals surface area contributed by atoms with E-state index in [0.717, 1.165) is 5.57 Å². The van der Waals surface area contributed by atoms with E-state index in [2.05, 4.69) is 32.9 Å². The van der Waals surface area contributed by atoms with Crippen LogP contribution in [0.1, 0.15) is 53.9 Å². The minimum atomic E-state index is -0.508. The first-order valence-corrected chi connectivity index (χ1v) is 8.30. The topological polar surface area (TPSA) is 40.5 Å². The molecule has 0 radical (unpaired) electrons. The minimum absolute atomic E-state index is 0.0320. The van der Waals surface area contributed by atoms with Gasteiger partial charge in [0.05, 0.1) is 12.7 Å². The van der Waals surface area contributed by atoms with Gasteiger partial charge in [-0.1, -0.05) is 62.3 Å². The standard InChI is InChI=1S/C20H32O2/c1-15(12-14-21)8-11-19(22)17(3)9-10-18-16(2)7-6-13-20(18,4)5/h8-12,17,19,21-22H,6-7,13-14H2,1-5H3/b10-9+,11-8+,15-12-/t17-,19-/m1/s1. The van der Waals surface area contributed by atoms with Gasteiger partial charge in [-0.3, -0.25) is 0 Å². The van der Waals surface area contributed by atoms with E-state index in [1.165, 1.54) is 30.4 Å². The lowest BCUT2D eigenvalue weighted by molar-refractivity contribution is 0.185. The second kappa shape index (κ2) is 8.50. The molecule has 0 spiro atoms. The molecule has 0 aliphatic heterocycles. The Hall–Kier alpha value is -1.12. The Morgan fingerprint density at radius 1 is 1.32 bits per heavy atom. The number of allylic oxidation sites excluding steroid dienone is 5. The van der Waals surface area contributed by atoms with Crippen molar-refractivity contribution in [2.75, 3.05) is 6.61 Å². The Morgan fingerprint density at radius 2 is 2.00 bits per heavy atom. The van der Waals surface area contributed by atoms with Crippen LogP contribution in [0, 0.1) is 11.3 Å². The van der Waals surface area contributed by atoms with Gasteiger partial charge >= 0.3 is 0 Å². The second-order valence-corrected chi connectivity index (χ2v) is 7.13. The van der Waals surface area contributed by atoms with Crippen molar-refractivity contribution < 1.29 is 10.2 Å². The van der Waals surface area contributed by atoms with Gasteiger partial charge in [0, 0.05) is 5.92 Å². The maximum absolute atomic E-state index is 10.2. The van der Waals surface area contributed by atoms with Crippen LogP contribution in [-0.2, 0) is 0 Å². The van der Waals surface area contributed by atoms with E-state index in [1.54, 1.807) is 12.2 Å². The molecule has 0 aromatic rings. The third-order valence-corrected chi connectivity index (χ3v) is 4.62. The Balaban J connectivity index is 2.75. The predicted octanol–water partition coefficient (Wildman–Crippen LogP) is 4.56. The summed E-state index contributed by atoms with van der Waals surface area (Å²) in [7, 11) is 0. The van der Waals surface area contributed by atoms with Crippen molar-refractivity contribution in [2.45, 2.75) is 60.0 Å². The molecule has 0 amide bonds. The zero-order valence-corrected chi connectivity index (χ0v) is 14.8. The normalized spacial score (nSPS) is 22.6. The van der Waals surface area contributed by atoms with Gasteiger partial charge < -0.3 is 10.2 Å². The van der Waals surface area contributed by atoms with Crippen LogP contribution in [0.25, 0.3) is 0 Å². The lowest BCUT2D eigenvalue weighted by atomic mass is 9.72. The van der Waals surface area contributed by atoms with Gasteiger partial charge in [0.1, 0.15) is 0 Å². The summed E-state index contributed by atoms with van der Waals surface area (Å²) < 4.78 is 0. The maximum atomic E-state index is 10.2. The summed E-state index contributed by atoms with van der Waals surface area (Å²) in [6.07, 6.45) is 12.9. The van der Waals surface area contributed by atoms with Crippen molar-refractivity contribution in [3.05, 3.63) is 47.1 Å². The highest BCUT2D eigenvalue weighted by Crippen LogP contribution is 2.40. The van der Waals surface area contributed by atoms with Gasteiger partial charge in [-0.05, 0) is 44.1 Å². The summed E-state index contributed by atoms with van der Waals surface area (Å²) in [5.41, 5.74) is 4.11. The van der Waals surface area contributed by atoms with E-state index in [4.69, 9.17) is 5.11 Å². The summed E-state index contributed by atoms with van der Waals surface area (Å²) in [5, 5.41) is 19.0. The Bertz CT molecular complexity index is 478. The molecule has 0 fully saturated rings. The maximum Gasteiger partial charge on any atom is 0.0784 e. The molecule has 0 saturated heterocycles. The molecule has 0 unspecified atom stereocenters. The van der Waals surface area contributed by atoms with Gasteiger partial charge in [0.15, 0.2) is 0 Å². The quantitative estimate of drug-likeness (QED) is 0.706.